The molecular weight excluding hydrogens is 310 g/mol. The van der Waals surface area contributed by atoms with E-state index in [1.165, 1.54) is 5.32 Å². The fourth-order valence-corrected chi connectivity index (χ4v) is 1.57. The summed E-state index contributed by atoms with van der Waals surface area (Å²) in [6.07, 6.45) is -4.00. The molecule has 0 spiro atoms. The van der Waals surface area contributed by atoms with Gasteiger partial charge in [-0.2, -0.15) is 18.3 Å². The zero-order valence-corrected chi connectivity index (χ0v) is 10.6. The van der Waals surface area contributed by atoms with Crippen molar-refractivity contribution in [2.24, 2.45) is 0 Å². The number of hydrogen-bond acceptors (Lipinski definition) is 3. The molecule has 0 radical (unpaired) electrons. The summed E-state index contributed by atoms with van der Waals surface area (Å²) in [6, 6.07) is 3.75. The molecule has 0 bridgehead atoms. The van der Waals surface area contributed by atoms with Gasteiger partial charge in [0.1, 0.15) is 5.82 Å². The number of aromatic carboxylic acids is 1. The minimum atomic E-state index is -5.15. The molecule has 0 atom stereocenters. The second kappa shape index (κ2) is 5.47. The first-order valence-corrected chi connectivity index (χ1v) is 5.65. The summed E-state index contributed by atoms with van der Waals surface area (Å²) >= 11 is 0. The van der Waals surface area contributed by atoms with Crippen LogP contribution in [0.25, 0.3) is 5.69 Å². The minimum Gasteiger partial charge on any atom is -0.476 e. The Morgan fingerprint density at radius 1 is 1.23 bits per heavy atom. The summed E-state index contributed by atoms with van der Waals surface area (Å²) in [7, 11) is 0. The van der Waals surface area contributed by atoms with Gasteiger partial charge in [-0.05, 0) is 24.3 Å². The van der Waals surface area contributed by atoms with E-state index in [0.29, 0.717) is 6.07 Å². The molecule has 116 valence electrons. The molecule has 0 saturated heterocycles. The quantitative estimate of drug-likeness (QED) is 0.850. The van der Waals surface area contributed by atoms with E-state index in [2.05, 4.69) is 5.10 Å². The van der Waals surface area contributed by atoms with Crippen molar-refractivity contribution in [1.82, 2.24) is 9.78 Å². The van der Waals surface area contributed by atoms with Crippen molar-refractivity contribution in [2.45, 2.75) is 6.18 Å². The fraction of sp³-hybridized carbons (Fsp3) is 0.0833. The lowest BCUT2D eigenvalue weighted by molar-refractivity contribution is -0.167. The van der Waals surface area contributed by atoms with E-state index < -0.39 is 29.6 Å². The number of rotatable bonds is 3. The minimum absolute atomic E-state index is 0.119. The molecule has 6 nitrogen and oxygen atoms in total. The molecule has 0 fully saturated rings. The fourth-order valence-electron chi connectivity index (χ4n) is 1.57. The third-order valence-corrected chi connectivity index (χ3v) is 2.52. The van der Waals surface area contributed by atoms with Crippen LogP contribution in [0.15, 0.2) is 30.5 Å². The number of nitrogens with one attached hydrogen (secondary N) is 1. The van der Waals surface area contributed by atoms with Crippen LogP contribution in [0, 0.1) is 5.82 Å². The molecule has 1 heterocycles. The number of benzene rings is 1. The van der Waals surface area contributed by atoms with Crippen LogP contribution < -0.4 is 5.32 Å². The highest BCUT2D eigenvalue weighted by atomic mass is 19.4. The van der Waals surface area contributed by atoms with Crippen molar-refractivity contribution in [2.75, 3.05) is 5.32 Å². The largest absolute Gasteiger partial charge is 0.476 e. The highest BCUT2D eigenvalue weighted by molar-refractivity contribution is 5.96. The summed E-state index contributed by atoms with van der Waals surface area (Å²) in [5.74, 6) is -4.52. The number of amides is 1. The van der Waals surface area contributed by atoms with E-state index in [-0.39, 0.29) is 11.4 Å². The molecule has 1 aromatic heterocycles. The Balaban J connectivity index is 2.43. The van der Waals surface area contributed by atoms with Crippen LogP contribution in [0.4, 0.5) is 23.2 Å². The van der Waals surface area contributed by atoms with E-state index in [9.17, 15) is 27.2 Å². The monoisotopic (exact) mass is 317 g/mol. The maximum absolute atomic E-state index is 13.2. The Kier molecular flexibility index (Phi) is 3.85. The summed E-state index contributed by atoms with van der Waals surface area (Å²) in [4.78, 5) is 21.7. The lowest BCUT2D eigenvalue weighted by atomic mass is 10.2. The first-order chi connectivity index (χ1) is 10.2. The zero-order valence-electron chi connectivity index (χ0n) is 10.6. The third kappa shape index (κ3) is 3.22. The Hall–Kier alpha value is -2.91. The topological polar surface area (TPSA) is 84.2 Å². The van der Waals surface area contributed by atoms with Gasteiger partial charge < -0.3 is 10.4 Å². The van der Waals surface area contributed by atoms with Gasteiger partial charge in [-0.3, -0.25) is 4.79 Å². The van der Waals surface area contributed by atoms with Crippen LogP contribution in [-0.4, -0.2) is 32.9 Å². The highest BCUT2D eigenvalue weighted by Gasteiger charge is 2.39. The van der Waals surface area contributed by atoms with Gasteiger partial charge in [-0.15, -0.1) is 0 Å². The van der Waals surface area contributed by atoms with Crippen molar-refractivity contribution in [3.05, 3.63) is 42.0 Å². The molecule has 0 aliphatic carbocycles. The van der Waals surface area contributed by atoms with Crippen molar-refractivity contribution in [1.29, 1.82) is 0 Å². The highest BCUT2D eigenvalue weighted by Crippen LogP contribution is 2.24. The normalized spacial score (nSPS) is 11.3. The number of nitrogens with zero attached hydrogens (tertiary/aromatic N) is 2. The summed E-state index contributed by atoms with van der Waals surface area (Å²) in [5, 5.41) is 13.9. The van der Waals surface area contributed by atoms with Gasteiger partial charge in [0.15, 0.2) is 5.69 Å². The van der Waals surface area contributed by atoms with Crippen LogP contribution >= 0.6 is 0 Å². The van der Waals surface area contributed by atoms with E-state index in [4.69, 9.17) is 5.11 Å². The predicted molar refractivity (Wildman–Crippen MR) is 65.2 cm³/mol. The molecule has 2 N–H and O–H groups in total. The SMILES string of the molecule is O=C(O)c1ccn(-c2ccc(F)cc2NC(=O)C(F)(F)F)n1. The third-order valence-electron chi connectivity index (χ3n) is 2.52. The van der Waals surface area contributed by atoms with Crippen molar-refractivity contribution >= 4 is 17.6 Å². The van der Waals surface area contributed by atoms with E-state index in [1.54, 1.807) is 0 Å². The van der Waals surface area contributed by atoms with E-state index >= 15 is 0 Å². The summed E-state index contributed by atoms with van der Waals surface area (Å²) in [5.41, 5.74) is -0.980. The molecule has 2 aromatic rings. The van der Waals surface area contributed by atoms with Crippen LogP contribution in [-0.2, 0) is 4.79 Å². The van der Waals surface area contributed by atoms with Gasteiger partial charge in [0.25, 0.3) is 0 Å². The maximum Gasteiger partial charge on any atom is 0.471 e. The van der Waals surface area contributed by atoms with Crippen LogP contribution in [0.1, 0.15) is 10.5 Å². The van der Waals surface area contributed by atoms with Crippen molar-refractivity contribution in [3.8, 4) is 5.69 Å². The summed E-state index contributed by atoms with van der Waals surface area (Å²) in [6.45, 7) is 0. The molecule has 0 aliphatic heterocycles. The lowest BCUT2D eigenvalue weighted by Crippen LogP contribution is -2.30. The van der Waals surface area contributed by atoms with E-state index in [1.807, 2.05) is 0 Å². The molecule has 0 aliphatic rings. The van der Waals surface area contributed by atoms with Gasteiger partial charge >= 0.3 is 18.1 Å². The second-order valence-corrected chi connectivity index (χ2v) is 4.06. The number of hydrogen-bond donors (Lipinski definition) is 2. The Morgan fingerprint density at radius 2 is 1.91 bits per heavy atom. The number of aromatic nitrogens is 2. The molecule has 0 unspecified atom stereocenters. The molecule has 1 aromatic carbocycles. The predicted octanol–water partition coefficient (Wildman–Crippen LogP) is 2.21. The van der Waals surface area contributed by atoms with Gasteiger partial charge in [0.2, 0.25) is 0 Å². The number of carboxylic acids is 1. The van der Waals surface area contributed by atoms with Gasteiger partial charge in [0.05, 0.1) is 11.4 Å². The first-order valence-electron chi connectivity index (χ1n) is 5.65. The van der Waals surface area contributed by atoms with Gasteiger partial charge in [-0.1, -0.05) is 0 Å². The zero-order chi connectivity index (χ0) is 16.5. The summed E-state index contributed by atoms with van der Waals surface area (Å²) < 4.78 is 50.9. The van der Waals surface area contributed by atoms with Crippen LogP contribution in [0.5, 0.6) is 0 Å². The number of anilines is 1. The van der Waals surface area contributed by atoms with Crippen LogP contribution in [0.2, 0.25) is 0 Å². The number of alkyl halides is 3. The standard InChI is InChI=1S/C12H7F4N3O3/c13-6-1-2-9(19-4-3-7(18-19)10(20)21)8(5-6)17-11(22)12(14,15)16/h1-5H,(H,17,22)(H,20,21). The molecule has 22 heavy (non-hydrogen) atoms. The molecule has 10 heteroatoms. The number of carboxylic acid groups (broad SMARTS) is 1. The van der Waals surface area contributed by atoms with Crippen molar-refractivity contribution < 1.29 is 32.3 Å². The second-order valence-electron chi connectivity index (χ2n) is 4.06. The lowest BCUT2D eigenvalue weighted by Gasteiger charge is -2.12. The number of carbonyl (C=O) groups excluding carboxylic acids is 1. The molecule has 2 rings (SSSR count). The Bertz CT molecular complexity index is 739. The first kappa shape index (κ1) is 15.5. The Labute approximate surface area is 120 Å². The average molecular weight is 317 g/mol. The molecule has 0 saturated carbocycles. The van der Waals surface area contributed by atoms with Crippen LogP contribution in [0.3, 0.4) is 0 Å². The Morgan fingerprint density at radius 3 is 2.45 bits per heavy atom. The molecular formula is C12H7F4N3O3. The van der Waals surface area contributed by atoms with Gasteiger partial charge in [-0.25, -0.2) is 13.9 Å². The van der Waals surface area contributed by atoms with E-state index in [0.717, 1.165) is 29.1 Å². The van der Waals surface area contributed by atoms with Crippen molar-refractivity contribution in [3.63, 3.8) is 0 Å². The average Bonchev–Trinajstić information content (AvgIpc) is 2.87. The van der Waals surface area contributed by atoms with Gasteiger partial charge in [0, 0.05) is 6.20 Å². The molecule has 1 amide bonds. The smallest absolute Gasteiger partial charge is 0.471 e. The number of halogens is 4. The number of carbonyl (C=O) groups is 2. The maximum atomic E-state index is 13.2.